The lowest BCUT2D eigenvalue weighted by molar-refractivity contribution is 0.108. The first kappa shape index (κ1) is 22.4. The molecule has 0 saturated heterocycles. The van der Waals surface area contributed by atoms with Crippen LogP contribution in [0.25, 0.3) is 11.3 Å². The minimum Gasteiger partial charge on any atom is -0.381 e. The Morgan fingerprint density at radius 2 is 2.00 bits per heavy atom. The van der Waals surface area contributed by atoms with E-state index in [-0.39, 0.29) is 24.0 Å². The van der Waals surface area contributed by atoms with Gasteiger partial charge in [-0.05, 0) is 12.3 Å². The van der Waals surface area contributed by atoms with Crippen molar-refractivity contribution in [3.8, 4) is 11.3 Å². The van der Waals surface area contributed by atoms with Crippen LogP contribution in [0.2, 0.25) is 0 Å². The van der Waals surface area contributed by atoms with Crippen molar-refractivity contribution in [2.45, 2.75) is 26.8 Å². The Kier molecular flexibility index (Phi) is 11.0. The Morgan fingerprint density at radius 3 is 2.69 bits per heavy atom. The largest absolute Gasteiger partial charge is 0.381 e. The van der Waals surface area contributed by atoms with E-state index in [0.717, 1.165) is 49.2 Å². The van der Waals surface area contributed by atoms with E-state index in [2.05, 4.69) is 34.6 Å². The number of benzene rings is 1. The summed E-state index contributed by atoms with van der Waals surface area (Å²) in [6.45, 7) is 7.23. The summed E-state index contributed by atoms with van der Waals surface area (Å²) >= 11 is 0. The number of hydrogen-bond donors (Lipinski definition) is 2. The number of nitrogens with one attached hydrogen (secondary N) is 2. The number of aliphatic imine (C=N–C) groups is 1. The number of nitrogens with zero attached hydrogens (tertiary/aromatic N) is 2. The van der Waals surface area contributed by atoms with Crippen LogP contribution in [0.4, 0.5) is 0 Å². The zero-order valence-corrected chi connectivity index (χ0v) is 18.0. The highest BCUT2D eigenvalue weighted by Crippen LogP contribution is 2.19. The molecular formula is C19H29IN4O2. The summed E-state index contributed by atoms with van der Waals surface area (Å²) in [5.41, 5.74) is 1.85. The number of aromatic nitrogens is 1. The standard InChI is InChI=1S/C19H28N4O2.HI/c1-15(2)14-24-11-7-10-21-19(20-3)22-13-17-12-18(25-23-17)16-8-5-4-6-9-16;/h4-6,8-9,12,15H,7,10-11,13-14H2,1-3H3,(H2,20,21,22);1H. The fraction of sp³-hybridized carbons (Fsp3) is 0.474. The average Bonchev–Trinajstić information content (AvgIpc) is 3.10. The van der Waals surface area contributed by atoms with Crippen molar-refractivity contribution < 1.29 is 9.26 Å². The quantitative estimate of drug-likeness (QED) is 0.252. The maximum Gasteiger partial charge on any atom is 0.191 e. The van der Waals surface area contributed by atoms with E-state index in [1.807, 2.05) is 36.4 Å². The number of rotatable bonds is 9. The molecule has 1 aromatic heterocycles. The molecule has 0 aliphatic heterocycles. The highest BCUT2D eigenvalue weighted by molar-refractivity contribution is 14.0. The van der Waals surface area contributed by atoms with Crippen molar-refractivity contribution in [2.75, 3.05) is 26.8 Å². The van der Waals surface area contributed by atoms with Crippen LogP contribution in [0.15, 0.2) is 45.9 Å². The van der Waals surface area contributed by atoms with E-state index < -0.39 is 0 Å². The van der Waals surface area contributed by atoms with Crippen molar-refractivity contribution in [3.63, 3.8) is 0 Å². The van der Waals surface area contributed by atoms with Crippen LogP contribution in [0.5, 0.6) is 0 Å². The molecule has 0 fully saturated rings. The fourth-order valence-electron chi connectivity index (χ4n) is 2.23. The zero-order chi connectivity index (χ0) is 17.9. The molecule has 0 aliphatic carbocycles. The molecule has 0 atom stereocenters. The van der Waals surface area contributed by atoms with Crippen LogP contribution in [-0.4, -0.2) is 37.9 Å². The van der Waals surface area contributed by atoms with Crippen LogP contribution in [0, 0.1) is 5.92 Å². The highest BCUT2D eigenvalue weighted by Gasteiger charge is 2.07. The molecule has 0 bridgehead atoms. The predicted molar refractivity (Wildman–Crippen MR) is 116 cm³/mol. The molecule has 0 unspecified atom stereocenters. The third kappa shape index (κ3) is 8.18. The Hall–Kier alpha value is -1.61. The second-order valence-electron chi connectivity index (χ2n) is 6.22. The average molecular weight is 472 g/mol. The first-order valence-electron chi connectivity index (χ1n) is 8.72. The van der Waals surface area contributed by atoms with Gasteiger partial charge in [-0.3, -0.25) is 4.99 Å². The van der Waals surface area contributed by atoms with Crippen LogP contribution < -0.4 is 10.6 Å². The van der Waals surface area contributed by atoms with Gasteiger partial charge in [-0.25, -0.2) is 0 Å². The fourth-order valence-corrected chi connectivity index (χ4v) is 2.23. The molecule has 2 aromatic rings. The number of hydrogen-bond acceptors (Lipinski definition) is 4. The number of guanidine groups is 1. The molecular weight excluding hydrogens is 443 g/mol. The summed E-state index contributed by atoms with van der Waals surface area (Å²) in [6, 6.07) is 11.9. The molecule has 0 saturated carbocycles. The molecule has 26 heavy (non-hydrogen) atoms. The molecule has 1 heterocycles. The minimum atomic E-state index is 0. The van der Waals surface area contributed by atoms with Crippen molar-refractivity contribution in [2.24, 2.45) is 10.9 Å². The van der Waals surface area contributed by atoms with Gasteiger partial charge in [0.25, 0.3) is 0 Å². The smallest absolute Gasteiger partial charge is 0.191 e. The summed E-state index contributed by atoms with van der Waals surface area (Å²) in [5, 5.41) is 10.6. The zero-order valence-electron chi connectivity index (χ0n) is 15.7. The Labute approximate surface area is 172 Å². The summed E-state index contributed by atoms with van der Waals surface area (Å²) in [5.74, 6) is 2.08. The van der Waals surface area contributed by atoms with Crippen LogP contribution in [0.3, 0.4) is 0 Å². The topological polar surface area (TPSA) is 71.7 Å². The molecule has 0 radical (unpaired) electrons. The second-order valence-corrected chi connectivity index (χ2v) is 6.22. The second kappa shape index (κ2) is 12.7. The van der Waals surface area contributed by atoms with Gasteiger partial charge in [0, 0.05) is 38.4 Å². The van der Waals surface area contributed by atoms with Crippen molar-refractivity contribution in [1.82, 2.24) is 15.8 Å². The van der Waals surface area contributed by atoms with Gasteiger partial charge in [0.15, 0.2) is 11.7 Å². The Balaban J connectivity index is 0.00000338. The van der Waals surface area contributed by atoms with Gasteiger partial charge in [-0.15, -0.1) is 24.0 Å². The van der Waals surface area contributed by atoms with Crippen LogP contribution in [0.1, 0.15) is 26.0 Å². The molecule has 0 aliphatic rings. The first-order chi connectivity index (χ1) is 12.2. The van der Waals surface area contributed by atoms with E-state index >= 15 is 0 Å². The van der Waals surface area contributed by atoms with E-state index in [1.54, 1.807) is 7.05 Å². The summed E-state index contributed by atoms with van der Waals surface area (Å²) in [6.07, 6.45) is 0.940. The lowest BCUT2D eigenvalue weighted by atomic mass is 10.2. The SMILES string of the molecule is CN=C(NCCCOCC(C)C)NCc1cc(-c2ccccc2)on1.I. The van der Waals surface area contributed by atoms with Gasteiger partial charge in [-0.2, -0.15) is 0 Å². The lowest BCUT2D eigenvalue weighted by Crippen LogP contribution is -2.37. The molecule has 7 heteroatoms. The van der Waals surface area contributed by atoms with E-state index in [1.165, 1.54) is 0 Å². The van der Waals surface area contributed by atoms with Crippen molar-refractivity contribution in [3.05, 3.63) is 42.1 Å². The molecule has 0 spiro atoms. The van der Waals surface area contributed by atoms with Gasteiger partial charge >= 0.3 is 0 Å². The van der Waals surface area contributed by atoms with Crippen LogP contribution in [-0.2, 0) is 11.3 Å². The molecule has 1 aromatic carbocycles. The van der Waals surface area contributed by atoms with Crippen molar-refractivity contribution >= 4 is 29.9 Å². The van der Waals surface area contributed by atoms with Crippen LogP contribution >= 0.6 is 24.0 Å². The van der Waals surface area contributed by atoms with Gasteiger partial charge in [0.05, 0.1) is 6.54 Å². The van der Waals surface area contributed by atoms with E-state index in [4.69, 9.17) is 9.26 Å². The highest BCUT2D eigenvalue weighted by atomic mass is 127. The predicted octanol–water partition coefficient (Wildman–Crippen LogP) is 3.69. The number of halogens is 1. The summed E-state index contributed by atoms with van der Waals surface area (Å²) in [7, 11) is 1.75. The molecule has 2 N–H and O–H groups in total. The maximum absolute atomic E-state index is 5.56. The normalized spacial score (nSPS) is 11.3. The van der Waals surface area contributed by atoms with Gasteiger partial charge in [0.2, 0.25) is 0 Å². The lowest BCUT2D eigenvalue weighted by Gasteiger charge is -2.11. The first-order valence-corrected chi connectivity index (χ1v) is 8.72. The third-order valence-corrected chi connectivity index (χ3v) is 3.49. The number of ether oxygens (including phenoxy) is 1. The van der Waals surface area contributed by atoms with Gasteiger partial charge in [0.1, 0.15) is 5.69 Å². The summed E-state index contributed by atoms with van der Waals surface area (Å²) < 4.78 is 11.0. The Bertz CT molecular complexity index is 644. The van der Waals surface area contributed by atoms with Gasteiger partial charge < -0.3 is 19.9 Å². The van der Waals surface area contributed by atoms with Gasteiger partial charge in [-0.1, -0.05) is 49.3 Å². The molecule has 6 nitrogen and oxygen atoms in total. The minimum absolute atomic E-state index is 0. The molecule has 0 amide bonds. The molecule has 2 rings (SSSR count). The monoisotopic (exact) mass is 472 g/mol. The van der Waals surface area contributed by atoms with E-state index in [9.17, 15) is 0 Å². The van der Waals surface area contributed by atoms with E-state index in [0.29, 0.717) is 12.5 Å². The molecule has 144 valence electrons. The summed E-state index contributed by atoms with van der Waals surface area (Å²) in [4.78, 5) is 4.21. The van der Waals surface area contributed by atoms with Crippen molar-refractivity contribution in [1.29, 1.82) is 0 Å². The maximum atomic E-state index is 5.56. The third-order valence-electron chi connectivity index (χ3n) is 3.49. The Morgan fingerprint density at radius 1 is 1.23 bits per heavy atom.